The number of anilines is 1. The van der Waals surface area contributed by atoms with E-state index in [1.165, 1.54) is 6.20 Å². The summed E-state index contributed by atoms with van der Waals surface area (Å²) in [7, 11) is 1.92. The first kappa shape index (κ1) is 10.5. The van der Waals surface area contributed by atoms with Gasteiger partial charge in [-0.2, -0.15) is 0 Å². The number of aromatic carboxylic acids is 1. The molecule has 0 aliphatic rings. The maximum Gasteiger partial charge on any atom is 0.354 e. The van der Waals surface area contributed by atoms with Crippen molar-refractivity contribution in [2.75, 3.05) is 11.9 Å². The normalized spacial score (nSPS) is 10.3. The molecular formula is C10H14N2O2. The van der Waals surface area contributed by atoms with Crippen molar-refractivity contribution in [1.82, 2.24) is 4.98 Å². The lowest BCUT2D eigenvalue weighted by Gasteiger charge is -2.23. The van der Waals surface area contributed by atoms with E-state index in [1.807, 2.05) is 25.8 Å². The Morgan fingerprint density at radius 1 is 1.57 bits per heavy atom. The van der Waals surface area contributed by atoms with Gasteiger partial charge in [0, 0.05) is 25.0 Å². The molecule has 0 radical (unpaired) electrons. The molecule has 0 atom stereocenters. The van der Waals surface area contributed by atoms with E-state index in [0.29, 0.717) is 6.04 Å². The molecule has 1 heterocycles. The van der Waals surface area contributed by atoms with Crippen molar-refractivity contribution in [2.24, 2.45) is 0 Å². The fourth-order valence-corrected chi connectivity index (χ4v) is 1.05. The summed E-state index contributed by atoms with van der Waals surface area (Å²) < 4.78 is 0. The summed E-state index contributed by atoms with van der Waals surface area (Å²) in [6, 6.07) is 3.70. The number of carboxylic acid groups (broad SMARTS) is 1. The van der Waals surface area contributed by atoms with Crippen LogP contribution in [0.4, 0.5) is 5.69 Å². The molecule has 14 heavy (non-hydrogen) atoms. The summed E-state index contributed by atoms with van der Waals surface area (Å²) in [5.74, 6) is -0.996. The summed E-state index contributed by atoms with van der Waals surface area (Å²) >= 11 is 0. The Morgan fingerprint density at radius 2 is 2.21 bits per heavy atom. The minimum atomic E-state index is -0.996. The Balaban J connectivity index is 2.99. The van der Waals surface area contributed by atoms with Gasteiger partial charge in [-0.1, -0.05) is 0 Å². The predicted molar refractivity (Wildman–Crippen MR) is 54.7 cm³/mol. The highest BCUT2D eigenvalue weighted by Crippen LogP contribution is 2.15. The molecule has 0 aromatic carbocycles. The maximum absolute atomic E-state index is 10.7. The smallest absolute Gasteiger partial charge is 0.354 e. The van der Waals surface area contributed by atoms with Crippen molar-refractivity contribution in [3.05, 3.63) is 24.0 Å². The van der Waals surface area contributed by atoms with E-state index in [2.05, 4.69) is 4.98 Å². The third kappa shape index (κ3) is 2.22. The average molecular weight is 194 g/mol. The van der Waals surface area contributed by atoms with Crippen LogP contribution in [0.15, 0.2) is 18.3 Å². The number of rotatable bonds is 3. The SMILES string of the molecule is CC(C)N(C)c1ccnc(C(=O)O)c1. The summed E-state index contributed by atoms with van der Waals surface area (Å²) in [4.78, 5) is 16.4. The highest BCUT2D eigenvalue weighted by Gasteiger charge is 2.09. The van der Waals surface area contributed by atoms with E-state index in [1.54, 1.807) is 12.1 Å². The van der Waals surface area contributed by atoms with Gasteiger partial charge in [0.1, 0.15) is 5.69 Å². The number of hydrogen-bond donors (Lipinski definition) is 1. The molecular weight excluding hydrogens is 180 g/mol. The first-order chi connectivity index (χ1) is 6.52. The summed E-state index contributed by atoms with van der Waals surface area (Å²) in [5, 5.41) is 8.75. The van der Waals surface area contributed by atoms with Crippen LogP contribution in [0.1, 0.15) is 24.3 Å². The zero-order valence-corrected chi connectivity index (χ0v) is 8.56. The van der Waals surface area contributed by atoms with Crippen molar-refractivity contribution >= 4 is 11.7 Å². The second-order valence-corrected chi connectivity index (χ2v) is 3.41. The Hall–Kier alpha value is -1.58. The second kappa shape index (κ2) is 4.09. The van der Waals surface area contributed by atoms with Crippen LogP contribution in [0.2, 0.25) is 0 Å². The molecule has 4 heteroatoms. The molecule has 1 rings (SSSR count). The van der Waals surface area contributed by atoms with Crippen LogP contribution in [0.3, 0.4) is 0 Å². The van der Waals surface area contributed by atoms with Gasteiger partial charge in [0.2, 0.25) is 0 Å². The van der Waals surface area contributed by atoms with Crippen LogP contribution in [0.5, 0.6) is 0 Å². The van der Waals surface area contributed by atoms with Gasteiger partial charge in [-0.25, -0.2) is 9.78 Å². The third-order valence-corrected chi connectivity index (χ3v) is 2.14. The van der Waals surface area contributed by atoms with Gasteiger partial charge in [0.15, 0.2) is 0 Å². The van der Waals surface area contributed by atoms with Crippen molar-refractivity contribution in [2.45, 2.75) is 19.9 Å². The van der Waals surface area contributed by atoms with Crippen molar-refractivity contribution < 1.29 is 9.90 Å². The largest absolute Gasteiger partial charge is 0.477 e. The fraction of sp³-hybridized carbons (Fsp3) is 0.400. The van der Waals surface area contributed by atoms with Crippen LogP contribution in [0.25, 0.3) is 0 Å². The zero-order valence-electron chi connectivity index (χ0n) is 8.56. The predicted octanol–water partition coefficient (Wildman–Crippen LogP) is 1.62. The molecule has 0 amide bonds. The van der Waals surface area contributed by atoms with Crippen molar-refractivity contribution in [3.63, 3.8) is 0 Å². The number of aromatic nitrogens is 1. The first-order valence-corrected chi connectivity index (χ1v) is 4.44. The molecule has 1 aromatic heterocycles. The second-order valence-electron chi connectivity index (χ2n) is 3.41. The number of carboxylic acids is 1. The minimum absolute atomic E-state index is 0.0787. The van der Waals surface area contributed by atoms with E-state index in [9.17, 15) is 4.79 Å². The Kier molecular flexibility index (Phi) is 3.06. The average Bonchev–Trinajstić information content (AvgIpc) is 2.16. The standard InChI is InChI=1S/C10H14N2O2/c1-7(2)12(3)8-4-5-11-9(6-8)10(13)14/h4-7H,1-3H3,(H,13,14). The molecule has 0 aliphatic carbocycles. The minimum Gasteiger partial charge on any atom is -0.477 e. The third-order valence-electron chi connectivity index (χ3n) is 2.14. The van der Waals surface area contributed by atoms with Gasteiger partial charge in [-0.3, -0.25) is 0 Å². The zero-order chi connectivity index (χ0) is 10.7. The van der Waals surface area contributed by atoms with Crippen LogP contribution in [-0.4, -0.2) is 29.1 Å². The van der Waals surface area contributed by atoms with Crippen molar-refractivity contribution in [3.8, 4) is 0 Å². The lowest BCUT2D eigenvalue weighted by atomic mass is 10.2. The van der Waals surface area contributed by atoms with Crippen LogP contribution < -0.4 is 4.90 Å². The summed E-state index contributed by atoms with van der Waals surface area (Å²) in [6.07, 6.45) is 1.51. The number of nitrogens with zero attached hydrogens (tertiary/aromatic N) is 2. The first-order valence-electron chi connectivity index (χ1n) is 4.44. The molecule has 0 bridgehead atoms. The number of pyridine rings is 1. The molecule has 1 aromatic rings. The molecule has 0 unspecified atom stereocenters. The van der Waals surface area contributed by atoms with E-state index in [-0.39, 0.29) is 5.69 Å². The van der Waals surface area contributed by atoms with Crippen LogP contribution in [0, 0.1) is 0 Å². The Labute approximate surface area is 83.2 Å². The Bertz CT molecular complexity index is 337. The molecule has 4 nitrogen and oxygen atoms in total. The Morgan fingerprint density at radius 3 is 2.71 bits per heavy atom. The van der Waals surface area contributed by atoms with E-state index >= 15 is 0 Å². The van der Waals surface area contributed by atoms with Gasteiger partial charge in [-0.05, 0) is 26.0 Å². The van der Waals surface area contributed by atoms with Gasteiger partial charge in [0.25, 0.3) is 0 Å². The highest BCUT2D eigenvalue weighted by molar-refractivity contribution is 5.86. The molecule has 0 fully saturated rings. The summed E-state index contributed by atoms with van der Waals surface area (Å²) in [5.41, 5.74) is 0.947. The van der Waals surface area contributed by atoms with Gasteiger partial charge in [-0.15, -0.1) is 0 Å². The van der Waals surface area contributed by atoms with Gasteiger partial charge in [0.05, 0.1) is 0 Å². The molecule has 0 saturated carbocycles. The van der Waals surface area contributed by atoms with E-state index in [4.69, 9.17) is 5.11 Å². The molecule has 76 valence electrons. The molecule has 0 spiro atoms. The van der Waals surface area contributed by atoms with E-state index in [0.717, 1.165) is 5.69 Å². The van der Waals surface area contributed by atoms with Crippen molar-refractivity contribution in [1.29, 1.82) is 0 Å². The molecule has 0 aliphatic heterocycles. The summed E-state index contributed by atoms with van der Waals surface area (Å²) in [6.45, 7) is 4.09. The molecule has 1 N–H and O–H groups in total. The maximum atomic E-state index is 10.7. The van der Waals surface area contributed by atoms with Crippen LogP contribution >= 0.6 is 0 Å². The van der Waals surface area contributed by atoms with Crippen LogP contribution in [-0.2, 0) is 0 Å². The van der Waals surface area contributed by atoms with Gasteiger partial charge < -0.3 is 10.0 Å². The lowest BCUT2D eigenvalue weighted by Crippen LogP contribution is -2.25. The lowest BCUT2D eigenvalue weighted by molar-refractivity contribution is 0.0690. The quantitative estimate of drug-likeness (QED) is 0.794. The van der Waals surface area contributed by atoms with Gasteiger partial charge >= 0.3 is 5.97 Å². The monoisotopic (exact) mass is 194 g/mol. The molecule has 0 saturated heterocycles. The number of hydrogen-bond acceptors (Lipinski definition) is 3. The fourth-order valence-electron chi connectivity index (χ4n) is 1.05. The highest BCUT2D eigenvalue weighted by atomic mass is 16.4. The van der Waals surface area contributed by atoms with E-state index < -0.39 is 5.97 Å². The topological polar surface area (TPSA) is 53.4 Å². The number of carbonyl (C=O) groups is 1.